The molecule has 1 unspecified atom stereocenters. The predicted molar refractivity (Wildman–Crippen MR) is 53.6 cm³/mol. The minimum Gasteiger partial charge on any atom is -0.303 e. The average Bonchev–Trinajstić information content (AvgIpc) is 2.16. The van der Waals surface area contributed by atoms with Crippen LogP contribution in [0.1, 0.15) is 51.9 Å². The maximum absolute atomic E-state index is 10.3. The summed E-state index contributed by atoms with van der Waals surface area (Å²) in [6.07, 6.45) is 9.40. The molecular formula is C11H20O2. The molecule has 0 rings (SSSR count). The van der Waals surface area contributed by atoms with Gasteiger partial charge in [-0.15, -0.1) is 0 Å². The lowest BCUT2D eigenvalue weighted by molar-refractivity contribution is -0.111. The van der Waals surface area contributed by atoms with Crippen molar-refractivity contribution in [3.63, 3.8) is 0 Å². The molecule has 0 aliphatic rings. The molecule has 0 aromatic rings. The van der Waals surface area contributed by atoms with Crippen molar-refractivity contribution in [1.29, 1.82) is 0 Å². The third-order valence-corrected chi connectivity index (χ3v) is 2.21. The van der Waals surface area contributed by atoms with E-state index >= 15 is 0 Å². The molecule has 1 atom stereocenters. The Morgan fingerprint density at radius 3 is 2.23 bits per heavy atom. The molecule has 0 saturated carbocycles. The van der Waals surface area contributed by atoms with Gasteiger partial charge in [0.15, 0.2) is 0 Å². The van der Waals surface area contributed by atoms with Crippen LogP contribution in [0.15, 0.2) is 0 Å². The van der Waals surface area contributed by atoms with Crippen LogP contribution in [0.25, 0.3) is 0 Å². The fourth-order valence-corrected chi connectivity index (χ4v) is 1.29. The predicted octanol–water partition coefficient (Wildman–Crippen LogP) is 2.75. The molecule has 0 aliphatic heterocycles. The maximum Gasteiger partial charge on any atom is 0.122 e. The molecule has 0 saturated heterocycles. The van der Waals surface area contributed by atoms with E-state index in [0.717, 1.165) is 38.3 Å². The van der Waals surface area contributed by atoms with Crippen LogP contribution >= 0.6 is 0 Å². The van der Waals surface area contributed by atoms with Crippen LogP contribution in [0.4, 0.5) is 0 Å². The summed E-state index contributed by atoms with van der Waals surface area (Å²) in [5, 5.41) is 0. The summed E-state index contributed by atoms with van der Waals surface area (Å²) in [6, 6.07) is 0. The van der Waals surface area contributed by atoms with E-state index in [2.05, 4.69) is 0 Å². The van der Waals surface area contributed by atoms with E-state index in [1.165, 1.54) is 12.8 Å². The van der Waals surface area contributed by atoms with Crippen molar-refractivity contribution in [1.82, 2.24) is 0 Å². The van der Waals surface area contributed by atoms with E-state index in [9.17, 15) is 9.59 Å². The molecule has 0 amide bonds. The Bertz CT molecular complexity index is 132. The molecule has 0 fully saturated rings. The normalized spacial score (nSPS) is 12.4. The highest BCUT2D eigenvalue weighted by molar-refractivity contribution is 5.52. The van der Waals surface area contributed by atoms with Crippen LogP contribution in [-0.4, -0.2) is 12.6 Å². The van der Waals surface area contributed by atoms with E-state index < -0.39 is 0 Å². The van der Waals surface area contributed by atoms with Crippen molar-refractivity contribution in [2.24, 2.45) is 5.92 Å². The third-order valence-electron chi connectivity index (χ3n) is 2.21. The lowest BCUT2D eigenvalue weighted by Gasteiger charge is -2.02. The highest BCUT2D eigenvalue weighted by Crippen LogP contribution is 2.10. The van der Waals surface area contributed by atoms with Crippen LogP contribution in [-0.2, 0) is 9.59 Å². The molecule has 13 heavy (non-hydrogen) atoms. The minimum absolute atomic E-state index is 0.218. The van der Waals surface area contributed by atoms with Crippen molar-refractivity contribution in [2.75, 3.05) is 0 Å². The van der Waals surface area contributed by atoms with E-state index in [-0.39, 0.29) is 5.92 Å². The smallest absolute Gasteiger partial charge is 0.122 e. The maximum atomic E-state index is 10.3. The van der Waals surface area contributed by atoms with Gasteiger partial charge in [0.25, 0.3) is 0 Å². The monoisotopic (exact) mass is 184 g/mol. The van der Waals surface area contributed by atoms with Crippen molar-refractivity contribution < 1.29 is 9.59 Å². The first kappa shape index (κ1) is 12.3. The number of rotatable bonds is 9. The minimum atomic E-state index is 0.218. The molecule has 0 aromatic carbocycles. The van der Waals surface area contributed by atoms with Gasteiger partial charge in [0.2, 0.25) is 0 Å². The molecule has 0 heterocycles. The van der Waals surface area contributed by atoms with Gasteiger partial charge in [-0.2, -0.15) is 0 Å². The third kappa shape index (κ3) is 9.25. The first-order chi connectivity index (χ1) is 6.31. The lowest BCUT2D eigenvalue weighted by atomic mass is 10.0. The fraction of sp³-hybridized carbons (Fsp3) is 0.818. The quantitative estimate of drug-likeness (QED) is 0.408. The van der Waals surface area contributed by atoms with Gasteiger partial charge in [-0.1, -0.05) is 32.6 Å². The first-order valence-electron chi connectivity index (χ1n) is 5.20. The first-order valence-corrected chi connectivity index (χ1v) is 5.20. The highest BCUT2D eigenvalue weighted by Gasteiger charge is 1.98. The number of hydrogen-bond donors (Lipinski definition) is 0. The van der Waals surface area contributed by atoms with Gasteiger partial charge in [-0.05, 0) is 12.8 Å². The van der Waals surface area contributed by atoms with Crippen molar-refractivity contribution in [2.45, 2.75) is 51.9 Å². The Morgan fingerprint density at radius 2 is 1.62 bits per heavy atom. The molecule has 2 nitrogen and oxygen atoms in total. The molecule has 0 aliphatic carbocycles. The van der Waals surface area contributed by atoms with Gasteiger partial charge in [0, 0.05) is 12.3 Å². The zero-order valence-corrected chi connectivity index (χ0v) is 8.50. The molecule has 0 bridgehead atoms. The Balaban J connectivity index is 2.99. The van der Waals surface area contributed by atoms with Crippen LogP contribution in [0.3, 0.4) is 0 Å². The highest BCUT2D eigenvalue weighted by atomic mass is 16.1. The zero-order chi connectivity index (χ0) is 9.94. The Labute approximate surface area is 80.7 Å². The SMILES string of the molecule is CC(C=O)CCCCCCCC=O. The molecule has 2 heteroatoms. The summed E-state index contributed by atoms with van der Waals surface area (Å²) < 4.78 is 0. The molecule has 0 aromatic heterocycles. The number of hydrogen-bond acceptors (Lipinski definition) is 2. The number of carbonyl (C=O) groups is 2. The van der Waals surface area contributed by atoms with E-state index in [4.69, 9.17) is 0 Å². The van der Waals surface area contributed by atoms with Crippen molar-refractivity contribution in [3.8, 4) is 0 Å². The standard InChI is InChI=1S/C11H20O2/c1-11(10-13)8-6-4-2-3-5-7-9-12/h9-11H,2-8H2,1H3. The number of aldehydes is 2. The number of unbranched alkanes of at least 4 members (excludes halogenated alkanes) is 5. The van der Waals surface area contributed by atoms with Crippen molar-refractivity contribution >= 4 is 12.6 Å². The largest absolute Gasteiger partial charge is 0.303 e. The Hall–Kier alpha value is -0.660. The topological polar surface area (TPSA) is 34.1 Å². The van der Waals surface area contributed by atoms with Gasteiger partial charge < -0.3 is 9.59 Å². The molecule has 0 N–H and O–H groups in total. The van der Waals surface area contributed by atoms with Crippen LogP contribution in [0.2, 0.25) is 0 Å². The summed E-state index contributed by atoms with van der Waals surface area (Å²) >= 11 is 0. The Morgan fingerprint density at radius 1 is 1.00 bits per heavy atom. The van der Waals surface area contributed by atoms with Gasteiger partial charge in [-0.3, -0.25) is 0 Å². The van der Waals surface area contributed by atoms with Gasteiger partial charge in [0.05, 0.1) is 0 Å². The van der Waals surface area contributed by atoms with E-state index in [1.54, 1.807) is 0 Å². The second kappa shape index (κ2) is 9.43. The zero-order valence-electron chi connectivity index (χ0n) is 8.50. The van der Waals surface area contributed by atoms with Gasteiger partial charge >= 0.3 is 0 Å². The average molecular weight is 184 g/mol. The van der Waals surface area contributed by atoms with E-state index in [0.29, 0.717) is 6.42 Å². The summed E-state index contributed by atoms with van der Waals surface area (Å²) in [5.41, 5.74) is 0. The Kier molecular flexibility index (Phi) is 8.95. The van der Waals surface area contributed by atoms with Crippen molar-refractivity contribution in [3.05, 3.63) is 0 Å². The fourth-order valence-electron chi connectivity index (χ4n) is 1.29. The number of carbonyl (C=O) groups excluding carboxylic acids is 2. The summed E-state index contributed by atoms with van der Waals surface area (Å²) in [4.78, 5) is 20.3. The summed E-state index contributed by atoms with van der Waals surface area (Å²) in [7, 11) is 0. The molecule has 0 radical (unpaired) electrons. The molecule has 76 valence electrons. The van der Waals surface area contributed by atoms with Gasteiger partial charge in [-0.25, -0.2) is 0 Å². The lowest BCUT2D eigenvalue weighted by Crippen LogP contribution is -1.94. The van der Waals surface area contributed by atoms with Crippen LogP contribution in [0.5, 0.6) is 0 Å². The van der Waals surface area contributed by atoms with E-state index in [1.807, 2.05) is 6.92 Å². The van der Waals surface area contributed by atoms with Crippen LogP contribution < -0.4 is 0 Å². The summed E-state index contributed by atoms with van der Waals surface area (Å²) in [6.45, 7) is 1.96. The second-order valence-corrected chi connectivity index (χ2v) is 3.63. The van der Waals surface area contributed by atoms with Gasteiger partial charge in [0.1, 0.15) is 12.6 Å². The molecule has 0 spiro atoms. The van der Waals surface area contributed by atoms with Crippen LogP contribution in [0, 0.1) is 5.92 Å². The molecular weight excluding hydrogens is 164 g/mol. The summed E-state index contributed by atoms with van der Waals surface area (Å²) in [5.74, 6) is 0.218. The second-order valence-electron chi connectivity index (χ2n) is 3.63.